The van der Waals surface area contributed by atoms with E-state index < -0.39 is 0 Å². The van der Waals surface area contributed by atoms with Crippen LogP contribution in [0.5, 0.6) is 5.88 Å². The summed E-state index contributed by atoms with van der Waals surface area (Å²) in [6.45, 7) is 5.08. The monoisotopic (exact) mass is 314 g/mol. The molecule has 4 rings (SSSR count). The summed E-state index contributed by atoms with van der Waals surface area (Å²) in [5, 5.41) is 0. The van der Waals surface area contributed by atoms with E-state index in [0.29, 0.717) is 17.8 Å². The fraction of sp³-hybridized carbons (Fsp3) is 0.667. The molecule has 5 heteroatoms. The maximum Gasteiger partial charge on any atom is 0.234 e. The Morgan fingerprint density at radius 1 is 1.09 bits per heavy atom. The number of hydrogen-bond acceptors (Lipinski definition) is 5. The normalized spacial score (nSPS) is 25.6. The minimum Gasteiger partial charge on any atom is -0.476 e. The van der Waals surface area contributed by atoms with Gasteiger partial charge in [0.05, 0.1) is 19.0 Å². The third-order valence-corrected chi connectivity index (χ3v) is 5.39. The van der Waals surface area contributed by atoms with Crippen molar-refractivity contribution in [3.05, 3.63) is 24.5 Å². The summed E-state index contributed by atoms with van der Waals surface area (Å²) in [4.78, 5) is 13.9. The minimum atomic E-state index is 0.634. The van der Waals surface area contributed by atoms with Gasteiger partial charge in [0, 0.05) is 32.2 Å². The Labute approximate surface area is 138 Å². The number of ether oxygens (including phenoxy) is 1. The fourth-order valence-corrected chi connectivity index (χ4v) is 3.98. The number of nitrogens with zero attached hydrogens (tertiary/aromatic N) is 4. The fourth-order valence-electron chi connectivity index (χ4n) is 3.98. The van der Waals surface area contributed by atoms with Crippen LogP contribution in [0.15, 0.2) is 24.5 Å². The second kappa shape index (κ2) is 6.87. The molecule has 1 aliphatic carbocycles. The van der Waals surface area contributed by atoms with E-state index in [1.807, 2.05) is 6.20 Å². The highest BCUT2D eigenvalue weighted by Gasteiger charge is 2.29. The van der Waals surface area contributed by atoms with Crippen molar-refractivity contribution in [2.45, 2.75) is 38.1 Å². The highest BCUT2D eigenvalue weighted by Crippen LogP contribution is 2.26. The molecule has 2 aliphatic heterocycles. The van der Waals surface area contributed by atoms with Gasteiger partial charge in [-0.05, 0) is 25.2 Å². The third kappa shape index (κ3) is 3.50. The van der Waals surface area contributed by atoms with E-state index in [-0.39, 0.29) is 0 Å². The first kappa shape index (κ1) is 14.9. The largest absolute Gasteiger partial charge is 0.476 e. The standard InChI is InChI=1S/C18H26N4O/c1-2-6-15(5-1)14-23-18-12-19-11-17(20-18)22-10-7-16(13-22)21-8-3-4-9-21/h3-4,11-12,15-16H,1-2,5-10,13-14H2. The first-order valence-electron chi connectivity index (χ1n) is 8.97. The third-order valence-electron chi connectivity index (χ3n) is 5.39. The van der Waals surface area contributed by atoms with Gasteiger partial charge in [-0.25, -0.2) is 0 Å². The molecule has 1 unspecified atom stereocenters. The lowest BCUT2D eigenvalue weighted by Gasteiger charge is -2.24. The van der Waals surface area contributed by atoms with Gasteiger partial charge in [-0.3, -0.25) is 9.88 Å². The Balaban J connectivity index is 1.34. The molecule has 1 aromatic rings. The van der Waals surface area contributed by atoms with Crippen molar-refractivity contribution in [1.82, 2.24) is 14.9 Å². The molecule has 1 saturated carbocycles. The van der Waals surface area contributed by atoms with Crippen LogP contribution < -0.4 is 9.64 Å². The molecule has 1 atom stereocenters. The zero-order valence-corrected chi connectivity index (χ0v) is 13.7. The van der Waals surface area contributed by atoms with Crippen LogP contribution in [0, 0.1) is 5.92 Å². The van der Waals surface area contributed by atoms with Crippen molar-refractivity contribution in [3.8, 4) is 5.88 Å². The van der Waals surface area contributed by atoms with Crippen molar-refractivity contribution >= 4 is 5.82 Å². The molecule has 0 spiro atoms. The lowest BCUT2D eigenvalue weighted by Crippen LogP contribution is -2.35. The quantitative estimate of drug-likeness (QED) is 0.781. The topological polar surface area (TPSA) is 41.5 Å². The van der Waals surface area contributed by atoms with E-state index in [2.05, 4.69) is 31.9 Å². The number of anilines is 1. The Bertz CT molecular complexity index is 548. The van der Waals surface area contributed by atoms with Crippen LogP contribution in [-0.4, -0.2) is 53.7 Å². The molecule has 0 radical (unpaired) electrons. The lowest BCUT2D eigenvalue weighted by atomic mass is 10.1. The molecule has 0 N–H and O–H groups in total. The first-order valence-corrected chi connectivity index (χ1v) is 8.97. The van der Waals surface area contributed by atoms with Gasteiger partial charge in [0.15, 0.2) is 5.82 Å². The summed E-state index contributed by atoms with van der Waals surface area (Å²) in [7, 11) is 0. The minimum absolute atomic E-state index is 0.634. The van der Waals surface area contributed by atoms with Crippen molar-refractivity contribution in [2.75, 3.05) is 37.7 Å². The Morgan fingerprint density at radius 2 is 1.91 bits per heavy atom. The molecule has 23 heavy (non-hydrogen) atoms. The summed E-state index contributed by atoms with van der Waals surface area (Å²) >= 11 is 0. The molecule has 0 bridgehead atoms. The Hall–Kier alpha value is -1.62. The van der Waals surface area contributed by atoms with Gasteiger partial charge in [0.1, 0.15) is 0 Å². The molecule has 1 aromatic heterocycles. The van der Waals surface area contributed by atoms with Gasteiger partial charge in [0.25, 0.3) is 0 Å². The van der Waals surface area contributed by atoms with Crippen LogP contribution in [0.1, 0.15) is 32.1 Å². The second-order valence-corrected chi connectivity index (χ2v) is 6.99. The van der Waals surface area contributed by atoms with Crippen LogP contribution in [0.3, 0.4) is 0 Å². The SMILES string of the molecule is C1=CCN(C2CCN(c3cncc(OCC4CCCC4)n3)C2)C1. The van der Waals surface area contributed by atoms with E-state index in [1.54, 1.807) is 6.20 Å². The van der Waals surface area contributed by atoms with Gasteiger partial charge in [-0.2, -0.15) is 4.98 Å². The van der Waals surface area contributed by atoms with Crippen LogP contribution >= 0.6 is 0 Å². The molecule has 3 aliphatic rings. The molecule has 124 valence electrons. The molecule has 0 amide bonds. The zero-order valence-electron chi connectivity index (χ0n) is 13.7. The highest BCUT2D eigenvalue weighted by atomic mass is 16.5. The molecular formula is C18H26N4O. The van der Waals surface area contributed by atoms with E-state index in [9.17, 15) is 0 Å². The van der Waals surface area contributed by atoms with Crippen molar-refractivity contribution < 1.29 is 4.74 Å². The van der Waals surface area contributed by atoms with Gasteiger partial charge < -0.3 is 9.64 Å². The molecule has 1 saturated heterocycles. The predicted octanol–water partition coefficient (Wildman–Crippen LogP) is 2.50. The molecule has 0 aromatic carbocycles. The van der Waals surface area contributed by atoms with Crippen LogP contribution in [0.4, 0.5) is 5.82 Å². The van der Waals surface area contributed by atoms with E-state index in [4.69, 9.17) is 4.74 Å². The van der Waals surface area contributed by atoms with E-state index in [1.165, 1.54) is 32.1 Å². The maximum absolute atomic E-state index is 5.90. The Kier molecular flexibility index (Phi) is 4.46. The van der Waals surface area contributed by atoms with Gasteiger partial charge >= 0.3 is 0 Å². The van der Waals surface area contributed by atoms with Crippen molar-refractivity contribution in [1.29, 1.82) is 0 Å². The number of hydrogen-bond donors (Lipinski definition) is 0. The summed E-state index contributed by atoms with van der Waals surface area (Å²) in [6.07, 6.45) is 14.6. The molecular weight excluding hydrogens is 288 g/mol. The summed E-state index contributed by atoms with van der Waals surface area (Å²) in [6, 6.07) is 0.634. The number of aromatic nitrogens is 2. The summed E-state index contributed by atoms with van der Waals surface area (Å²) < 4.78 is 5.90. The average Bonchev–Trinajstić information content (AvgIpc) is 3.35. The first-order chi connectivity index (χ1) is 11.4. The van der Waals surface area contributed by atoms with Gasteiger partial charge in [-0.1, -0.05) is 25.0 Å². The molecule has 3 heterocycles. The summed E-state index contributed by atoms with van der Waals surface area (Å²) in [5.74, 6) is 2.35. The average molecular weight is 314 g/mol. The lowest BCUT2D eigenvalue weighted by molar-refractivity contribution is 0.242. The van der Waals surface area contributed by atoms with Gasteiger partial charge in [0.2, 0.25) is 5.88 Å². The Morgan fingerprint density at radius 3 is 2.74 bits per heavy atom. The van der Waals surface area contributed by atoms with Crippen molar-refractivity contribution in [2.24, 2.45) is 5.92 Å². The van der Waals surface area contributed by atoms with Gasteiger partial charge in [-0.15, -0.1) is 0 Å². The number of rotatable bonds is 5. The zero-order chi connectivity index (χ0) is 15.5. The van der Waals surface area contributed by atoms with E-state index in [0.717, 1.165) is 38.6 Å². The second-order valence-electron chi connectivity index (χ2n) is 6.99. The highest BCUT2D eigenvalue weighted by molar-refractivity contribution is 5.39. The summed E-state index contributed by atoms with van der Waals surface area (Å²) in [5.41, 5.74) is 0. The van der Waals surface area contributed by atoms with Crippen LogP contribution in [0.2, 0.25) is 0 Å². The maximum atomic E-state index is 5.90. The van der Waals surface area contributed by atoms with Crippen molar-refractivity contribution in [3.63, 3.8) is 0 Å². The van der Waals surface area contributed by atoms with Crippen LogP contribution in [-0.2, 0) is 0 Å². The molecule has 5 nitrogen and oxygen atoms in total. The van der Waals surface area contributed by atoms with Crippen LogP contribution in [0.25, 0.3) is 0 Å². The predicted molar refractivity (Wildman–Crippen MR) is 90.8 cm³/mol. The smallest absolute Gasteiger partial charge is 0.234 e. The molecule has 2 fully saturated rings. The van der Waals surface area contributed by atoms with E-state index >= 15 is 0 Å².